The third kappa shape index (κ3) is 2.31. The van der Waals surface area contributed by atoms with Gasteiger partial charge in [0.15, 0.2) is 0 Å². The van der Waals surface area contributed by atoms with Gasteiger partial charge in [0.25, 0.3) is 0 Å². The first-order valence-electron chi connectivity index (χ1n) is 9.82. The maximum absolute atomic E-state index is 13.1. The van der Waals surface area contributed by atoms with Crippen molar-refractivity contribution in [3.05, 3.63) is 44.6 Å². The van der Waals surface area contributed by atoms with Crippen LogP contribution in [0.2, 0.25) is 0 Å². The molecule has 0 spiro atoms. The van der Waals surface area contributed by atoms with Crippen LogP contribution in [0.1, 0.15) is 22.8 Å². The van der Waals surface area contributed by atoms with Crippen LogP contribution in [0.5, 0.6) is 0 Å². The van der Waals surface area contributed by atoms with Crippen molar-refractivity contribution in [3.63, 3.8) is 0 Å². The number of carbonyl (C=O) groups excluding carboxylic acids is 2. The lowest BCUT2D eigenvalue weighted by Crippen LogP contribution is -2.42. The molecule has 2 saturated carbocycles. The van der Waals surface area contributed by atoms with E-state index in [-0.39, 0.29) is 45.6 Å². The number of aliphatic carboxylic acids is 1. The second-order valence-electron chi connectivity index (χ2n) is 8.40. The van der Waals surface area contributed by atoms with Crippen LogP contribution in [-0.2, 0) is 14.4 Å². The molecule has 0 unspecified atom stereocenters. The summed E-state index contributed by atoms with van der Waals surface area (Å²) in [5, 5.41) is 10.1. The van der Waals surface area contributed by atoms with E-state index in [0.29, 0.717) is 0 Å². The molecule has 4 heterocycles. The Labute approximate surface area is 178 Å². The number of carboxylic acids is 1. The van der Waals surface area contributed by atoms with Gasteiger partial charge in [0.1, 0.15) is 6.54 Å². The summed E-state index contributed by atoms with van der Waals surface area (Å²) in [5.74, 6) is -2.74. The fourth-order valence-electron chi connectivity index (χ4n) is 6.30. The number of thiazole rings is 1. The van der Waals surface area contributed by atoms with Crippen molar-refractivity contribution in [2.45, 2.75) is 22.6 Å². The number of H-pyrrole nitrogens is 1. The molecule has 2 amide bonds. The average Bonchev–Trinajstić information content (AvgIpc) is 3.44. The molecule has 0 radical (unpaired) electrons. The van der Waals surface area contributed by atoms with Crippen LogP contribution >= 0.6 is 23.1 Å². The van der Waals surface area contributed by atoms with Crippen LogP contribution in [0.15, 0.2) is 34.3 Å². The first-order chi connectivity index (χ1) is 14.5. The summed E-state index contributed by atoms with van der Waals surface area (Å²) in [6, 6.07) is 3.87. The minimum atomic E-state index is -1.18. The van der Waals surface area contributed by atoms with Crippen LogP contribution in [0, 0.1) is 29.6 Å². The molecule has 0 aromatic carbocycles. The van der Waals surface area contributed by atoms with Gasteiger partial charge in [0, 0.05) is 28.4 Å². The number of nitrogens with zero attached hydrogens (tertiary/aromatic N) is 2. The standard InChI is InChI=1S/C20H17N3O5S2/c24-10(25)6-23-18(26)13-8-4-9(14(13)19(23)27)15-12(8)11(7-2-1-3-21-5-7)16-17(29-15)22-20(28)30-16/h1-3,5,8-9,11-15H,4,6H2,(H,22,28)(H,24,25)/t8-,9-,11-,12-,13+,14-,15+/m1/s1. The van der Waals surface area contributed by atoms with E-state index in [0.717, 1.165) is 26.8 Å². The molecule has 3 fully saturated rings. The molecule has 1 saturated heterocycles. The van der Waals surface area contributed by atoms with Crippen molar-refractivity contribution < 1.29 is 19.5 Å². The molecule has 8 nitrogen and oxygen atoms in total. The lowest BCUT2D eigenvalue weighted by Gasteiger charge is -2.42. The molecule has 4 aliphatic rings. The van der Waals surface area contributed by atoms with Gasteiger partial charge in [0.05, 0.1) is 16.9 Å². The molecule has 2 aromatic rings. The number of aromatic amines is 1. The number of amides is 2. The first kappa shape index (κ1) is 18.3. The van der Waals surface area contributed by atoms with E-state index in [2.05, 4.69) is 9.97 Å². The van der Waals surface area contributed by atoms with Gasteiger partial charge in [-0.1, -0.05) is 17.4 Å². The SMILES string of the molecule is O=C(O)CN1C(=O)[C@@H]2[C@H]3C[C@@H]([C@@H]2C1=O)[C@@H]1[C@@H](c2cccnc2)c2sc(=O)[nH]c2S[C@@H]31. The number of imide groups is 1. The van der Waals surface area contributed by atoms with E-state index in [1.807, 2.05) is 18.3 Å². The van der Waals surface area contributed by atoms with Gasteiger partial charge in [-0.05, 0) is 35.8 Å². The second kappa shape index (κ2) is 6.27. The molecule has 2 bridgehead atoms. The van der Waals surface area contributed by atoms with E-state index in [1.165, 1.54) is 11.3 Å². The molecule has 154 valence electrons. The van der Waals surface area contributed by atoms with Gasteiger partial charge >= 0.3 is 10.8 Å². The topological polar surface area (TPSA) is 120 Å². The zero-order valence-corrected chi connectivity index (χ0v) is 17.2. The molecule has 2 aliphatic heterocycles. The Balaban J connectivity index is 1.45. The zero-order valence-electron chi connectivity index (χ0n) is 15.6. The Kier molecular flexibility index (Phi) is 3.83. The van der Waals surface area contributed by atoms with Crippen molar-refractivity contribution in [1.29, 1.82) is 0 Å². The number of carboxylic acid groups (broad SMARTS) is 1. The number of aromatic nitrogens is 2. The number of fused-ring (bicyclic) bond motifs is 9. The predicted molar refractivity (Wildman–Crippen MR) is 107 cm³/mol. The highest BCUT2D eigenvalue weighted by atomic mass is 32.2. The lowest BCUT2D eigenvalue weighted by atomic mass is 9.68. The lowest BCUT2D eigenvalue weighted by molar-refractivity contribution is -0.149. The minimum absolute atomic E-state index is 0.000897. The number of likely N-dealkylation sites (tertiary alicyclic amines) is 1. The number of hydrogen-bond acceptors (Lipinski definition) is 7. The van der Waals surface area contributed by atoms with E-state index in [9.17, 15) is 19.2 Å². The number of carbonyl (C=O) groups is 3. The number of thioether (sulfide) groups is 1. The highest BCUT2D eigenvalue weighted by Crippen LogP contribution is 2.68. The third-order valence-corrected chi connectivity index (χ3v) is 9.74. The summed E-state index contributed by atoms with van der Waals surface area (Å²) in [7, 11) is 0. The van der Waals surface area contributed by atoms with Gasteiger partial charge in [-0.2, -0.15) is 0 Å². The van der Waals surface area contributed by atoms with Gasteiger partial charge in [-0.15, -0.1) is 11.8 Å². The van der Waals surface area contributed by atoms with Crippen LogP contribution < -0.4 is 4.87 Å². The van der Waals surface area contributed by atoms with E-state index >= 15 is 0 Å². The molecule has 10 heteroatoms. The summed E-state index contributed by atoms with van der Waals surface area (Å²) in [5.41, 5.74) is 1.01. The normalized spacial score (nSPS) is 36.0. The smallest absolute Gasteiger partial charge is 0.323 e. The number of hydrogen-bond donors (Lipinski definition) is 2. The van der Waals surface area contributed by atoms with Gasteiger partial charge in [0.2, 0.25) is 11.8 Å². The first-order valence-corrected chi connectivity index (χ1v) is 11.5. The van der Waals surface area contributed by atoms with E-state index in [1.54, 1.807) is 18.0 Å². The number of rotatable bonds is 3. The van der Waals surface area contributed by atoms with E-state index in [4.69, 9.17) is 5.11 Å². The Hall–Kier alpha value is -2.46. The van der Waals surface area contributed by atoms with Gasteiger partial charge in [-0.3, -0.25) is 29.1 Å². The summed E-state index contributed by atoms with van der Waals surface area (Å²) in [6.45, 7) is -0.570. The van der Waals surface area contributed by atoms with Crippen molar-refractivity contribution >= 4 is 40.9 Å². The number of pyridine rings is 1. The number of nitrogens with one attached hydrogen (secondary N) is 1. The third-order valence-electron chi connectivity index (χ3n) is 7.15. The zero-order chi connectivity index (χ0) is 20.7. The van der Waals surface area contributed by atoms with Crippen molar-refractivity contribution in [1.82, 2.24) is 14.9 Å². The summed E-state index contributed by atoms with van der Waals surface area (Å²) in [4.78, 5) is 58.4. The molecular weight excluding hydrogens is 426 g/mol. The maximum Gasteiger partial charge on any atom is 0.323 e. The second-order valence-corrected chi connectivity index (χ2v) is 10.6. The Morgan fingerprint density at radius 2 is 2.00 bits per heavy atom. The van der Waals surface area contributed by atoms with Crippen molar-refractivity contribution in [2.75, 3.05) is 6.54 Å². The average molecular weight is 444 g/mol. The van der Waals surface area contributed by atoms with Gasteiger partial charge < -0.3 is 10.1 Å². The summed E-state index contributed by atoms with van der Waals surface area (Å²) in [6.07, 6.45) is 4.30. The van der Waals surface area contributed by atoms with E-state index < -0.39 is 24.3 Å². The highest BCUT2D eigenvalue weighted by molar-refractivity contribution is 8.00. The fourth-order valence-corrected chi connectivity index (χ4v) is 9.19. The monoisotopic (exact) mass is 443 g/mol. The quantitative estimate of drug-likeness (QED) is 0.688. The molecule has 2 aromatic heterocycles. The maximum atomic E-state index is 13.1. The molecule has 2 N–H and O–H groups in total. The van der Waals surface area contributed by atoms with Crippen LogP contribution in [0.3, 0.4) is 0 Å². The summed E-state index contributed by atoms with van der Waals surface area (Å²) >= 11 is 2.82. The minimum Gasteiger partial charge on any atom is -0.480 e. The Morgan fingerprint density at radius 1 is 1.23 bits per heavy atom. The Morgan fingerprint density at radius 3 is 2.70 bits per heavy atom. The summed E-state index contributed by atoms with van der Waals surface area (Å²) < 4.78 is 0. The molecule has 30 heavy (non-hydrogen) atoms. The van der Waals surface area contributed by atoms with Gasteiger partial charge in [-0.25, -0.2) is 0 Å². The highest BCUT2D eigenvalue weighted by Gasteiger charge is 2.69. The van der Waals surface area contributed by atoms with Crippen LogP contribution in [0.25, 0.3) is 0 Å². The van der Waals surface area contributed by atoms with Crippen LogP contribution in [0.4, 0.5) is 0 Å². The predicted octanol–water partition coefficient (Wildman–Crippen LogP) is 1.39. The van der Waals surface area contributed by atoms with Crippen molar-refractivity contribution in [3.8, 4) is 0 Å². The molecule has 6 rings (SSSR count). The Bertz CT molecular complexity index is 1140. The van der Waals surface area contributed by atoms with Crippen molar-refractivity contribution in [2.24, 2.45) is 29.6 Å². The molecular formula is C20H17N3O5S2. The van der Waals surface area contributed by atoms with Crippen LogP contribution in [-0.4, -0.2) is 49.6 Å². The molecule has 7 atom stereocenters. The fraction of sp³-hybridized carbons (Fsp3) is 0.450. The molecule has 2 aliphatic carbocycles. The largest absolute Gasteiger partial charge is 0.480 e.